The van der Waals surface area contributed by atoms with Gasteiger partial charge < -0.3 is 11.1 Å². The van der Waals surface area contributed by atoms with Gasteiger partial charge in [-0.25, -0.2) is 9.97 Å². The van der Waals surface area contributed by atoms with Crippen molar-refractivity contribution in [2.45, 2.75) is 39.7 Å². The van der Waals surface area contributed by atoms with Gasteiger partial charge in [0.05, 0.1) is 0 Å². The lowest BCUT2D eigenvalue weighted by molar-refractivity contribution is 0.836. The Morgan fingerprint density at radius 2 is 1.75 bits per heavy atom. The standard InChI is InChI=1S/C16H22N4/c1-3-5-15-19-14(17)10-16(20-15)18-11-13-8-6-12(4-2)7-9-13/h6-10H,3-5,11H2,1-2H3,(H3,17,18,19,20). The molecule has 0 amide bonds. The van der Waals surface area contributed by atoms with Crippen molar-refractivity contribution in [2.24, 2.45) is 0 Å². The second-order valence-electron chi connectivity index (χ2n) is 4.87. The molecule has 0 radical (unpaired) electrons. The van der Waals surface area contributed by atoms with Gasteiger partial charge in [0.15, 0.2) is 0 Å². The van der Waals surface area contributed by atoms with Crippen LogP contribution in [0.25, 0.3) is 0 Å². The summed E-state index contributed by atoms with van der Waals surface area (Å²) in [6, 6.07) is 10.4. The van der Waals surface area contributed by atoms with Crippen molar-refractivity contribution in [3.05, 3.63) is 47.3 Å². The van der Waals surface area contributed by atoms with Crippen LogP contribution in [0.4, 0.5) is 11.6 Å². The van der Waals surface area contributed by atoms with Crippen LogP contribution in [-0.4, -0.2) is 9.97 Å². The molecule has 4 nitrogen and oxygen atoms in total. The number of hydrogen-bond acceptors (Lipinski definition) is 4. The Morgan fingerprint density at radius 1 is 1.05 bits per heavy atom. The maximum Gasteiger partial charge on any atom is 0.133 e. The highest BCUT2D eigenvalue weighted by molar-refractivity contribution is 5.45. The van der Waals surface area contributed by atoms with E-state index in [1.54, 1.807) is 6.07 Å². The molecule has 0 spiro atoms. The third-order valence-electron chi connectivity index (χ3n) is 3.17. The first-order chi connectivity index (χ1) is 9.71. The Hall–Kier alpha value is -2.10. The minimum absolute atomic E-state index is 0.521. The Morgan fingerprint density at radius 3 is 2.40 bits per heavy atom. The average Bonchev–Trinajstić information content (AvgIpc) is 2.45. The van der Waals surface area contributed by atoms with Gasteiger partial charge in [0.25, 0.3) is 0 Å². The molecule has 0 aliphatic carbocycles. The summed E-state index contributed by atoms with van der Waals surface area (Å²) in [5.41, 5.74) is 8.39. The summed E-state index contributed by atoms with van der Waals surface area (Å²) in [6.07, 6.45) is 2.93. The number of aromatic nitrogens is 2. The summed E-state index contributed by atoms with van der Waals surface area (Å²) < 4.78 is 0. The molecule has 0 unspecified atom stereocenters. The molecule has 20 heavy (non-hydrogen) atoms. The summed E-state index contributed by atoms with van der Waals surface area (Å²) in [7, 11) is 0. The first-order valence-electron chi connectivity index (χ1n) is 7.16. The molecular weight excluding hydrogens is 248 g/mol. The number of nitrogen functional groups attached to an aromatic ring is 1. The molecule has 3 N–H and O–H groups in total. The first-order valence-corrected chi connectivity index (χ1v) is 7.16. The molecule has 1 aromatic heterocycles. The number of hydrogen-bond donors (Lipinski definition) is 2. The summed E-state index contributed by atoms with van der Waals surface area (Å²) in [4.78, 5) is 8.70. The van der Waals surface area contributed by atoms with E-state index < -0.39 is 0 Å². The van der Waals surface area contributed by atoms with Crippen molar-refractivity contribution in [3.8, 4) is 0 Å². The molecule has 4 heteroatoms. The second kappa shape index (κ2) is 6.89. The second-order valence-corrected chi connectivity index (χ2v) is 4.87. The van der Waals surface area contributed by atoms with Gasteiger partial charge in [-0.2, -0.15) is 0 Å². The number of nitrogens with two attached hydrogens (primary N) is 1. The molecule has 1 aromatic carbocycles. The summed E-state index contributed by atoms with van der Waals surface area (Å²) in [6.45, 7) is 5.01. The van der Waals surface area contributed by atoms with Crippen LogP contribution in [0.5, 0.6) is 0 Å². The summed E-state index contributed by atoms with van der Waals surface area (Å²) in [5, 5.41) is 3.31. The molecule has 0 bridgehead atoms. The van der Waals surface area contributed by atoms with Crippen LogP contribution in [0.1, 0.15) is 37.2 Å². The average molecular weight is 270 g/mol. The predicted molar refractivity (Wildman–Crippen MR) is 83.6 cm³/mol. The van der Waals surface area contributed by atoms with Gasteiger partial charge in [-0.05, 0) is 24.0 Å². The first kappa shape index (κ1) is 14.3. The van der Waals surface area contributed by atoms with Crippen molar-refractivity contribution in [3.63, 3.8) is 0 Å². The number of nitrogens with one attached hydrogen (secondary N) is 1. The van der Waals surface area contributed by atoms with Crippen LogP contribution in [0.3, 0.4) is 0 Å². The van der Waals surface area contributed by atoms with Crippen LogP contribution in [0.15, 0.2) is 30.3 Å². The zero-order chi connectivity index (χ0) is 14.4. The van der Waals surface area contributed by atoms with Crippen LogP contribution < -0.4 is 11.1 Å². The van der Waals surface area contributed by atoms with Crippen molar-refractivity contribution < 1.29 is 0 Å². The Kier molecular flexibility index (Phi) is 4.93. The fraction of sp³-hybridized carbons (Fsp3) is 0.375. The lowest BCUT2D eigenvalue weighted by Gasteiger charge is -2.08. The Bertz CT molecular complexity index is 549. The molecule has 0 aliphatic rings. The summed E-state index contributed by atoms with van der Waals surface area (Å²) >= 11 is 0. The predicted octanol–water partition coefficient (Wildman–Crippen LogP) is 3.19. The van der Waals surface area contributed by atoms with Gasteiger partial charge in [0.2, 0.25) is 0 Å². The summed E-state index contributed by atoms with van der Waals surface area (Å²) in [5.74, 6) is 2.11. The van der Waals surface area contributed by atoms with Crippen LogP contribution in [0, 0.1) is 0 Å². The highest BCUT2D eigenvalue weighted by Crippen LogP contribution is 2.12. The fourth-order valence-corrected chi connectivity index (χ4v) is 2.03. The van der Waals surface area contributed by atoms with Crippen LogP contribution >= 0.6 is 0 Å². The maximum atomic E-state index is 5.81. The highest BCUT2D eigenvalue weighted by atomic mass is 15.0. The van der Waals surface area contributed by atoms with Crippen LogP contribution in [-0.2, 0) is 19.4 Å². The lowest BCUT2D eigenvalue weighted by atomic mass is 10.1. The SMILES string of the molecule is CCCc1nc(N)cc(NCc2ccc(CC)cc2)n1. The fourth-order valence-electron chi connectivity index (χ4n) is 2.03. The topological polar surface area (TPSA) is 63.8 Å². The molecular formula is C16H22N4. The number of aryl methyl sites for hydroxylation is 2. The maximum absolute atomic E-state index is 5.81. The van der Waals surface area contributed by atoms with Crippen molar-refractivity contribution in [2.75, 3.05) is 11.1 Å². The molecule has 0 atom stereocenters. The minimum Gasteiger partial charge on any atom is -0.384 e. The quantitative estimate of drug-likeness (QED) is 0.846. The van der Waals surface area contributed by atoms with Gasteiger partial charge in [-0.1, -0.05) is 38.1 Å². The van der Waals surface area contributed by atoms with E-state index in [-0.39, 0.29) is 0 Å². The molecule has 106 valence electrons. The normalized spacial score (nSPS) is 10.5. The molecule has 0 saturated carbocycles. The smallest absolute Gasteiger partial charge is 0.133 e. The molecule has 0 fully saturated rings. The molecule has 2 aromatic rings. The molecule has 1 heterocycles. The minimum atomic E-state index is 0.521. The molecule has 2 rings (SSSR count). The Balaban J connectivity index is 2.02. The lowest BCUT2D eigenvalue weighted by Crippen LogP contribution is -2.06. The van der Waals surface area contributed by atoms with Crippen molar-refractivity contribution >= 4 is 11.6 Å². The van der Waals surface area contributed by atoms with E-state index >= 15 is 0 Å². The van der Waals surface area contributed by atoms with E-state index in [0.29, 0.717) is 5.82 Å². The van der Waals surface area contributed by atoms with Gasteiger partial charge >= 0.3 is 0 Å². The van der Waals surface area contributed by atoms with Crippen molar-refractivity contribution in [1.82, 2.24) is 9.97 Å². The van der Waals surface area contributed by atoms with Crippen molar-refractivity contribution in [1.29, 1.82) is 0 Å². The zero-order valence-corrected chi connectivity index (χ0v) is 12.2. The van der Waals surface area contributed by atoms with E-state index in [0.717, 1.165) is 37.4 Å². The third-order valence-corrected chi connectivity index (χ3v) is 3.17. The third kappa shape index (κ3) is 3.95. The Labute approximate surface area is 120 Å². The van der Waals surface area contributed by atoms with Gasteiger partial charge in [0, 0.05) is 19.0 Å². The van der Waals surface area contributed by atoms with E-state index in [2.05, 4.69) is 53.4 Å². The van der Waals surface area contributed by atoms with Gasteiger partial charge in [-0.3, -0.25) is 0 Å². The number of anilines is 2. The van der Waals surface area contributed by atoms with E-state index in [1.165, 1.54) is 11.1 Å². The zero-order valence-electron chi connectivity index (χ0n) is 12.2. The number of rotatable bonds is 6. The van der Waals surface area contributed by atoms with Gasteiger partial charge in [0.1, 0.15) is 17.5 Å². The number of benzene rings is 1. The largest absolute Gasteiger partial charge is 0.384 e. The van der Waals surface area contributed by atoms with Crippen LogP contribution in [0.2, 0.25) is 0 Å². The van der Waals surface area contributed by atoms with E-state index in [9.17, 15) is 0 Å². The van der Waals surface area contributed by atoms with E-state index in [4.69, 9.17) is 5.73 Å². The molecule has 0 saturated heterocycles. The monoisotopic (exact) mass is 270 g/mol. The molecule has 0 aliphatic heterocycles. The number of nitrogens with zero attached hydrogens (tertiary/aromatic N) is 2. The van der Waals surface area contributed by atoms with E-state index in [1.807, 2.05) is 0 Å². The highest BCUT2D eigenvalue weighted by Gasteiger charge is 2.02. The van der Waals surface area contributed by atoms with Gasteiger partial charge in [-0.15, -0.1) is 0 Å².